The summed E-state index contributed by atoms with van der Waals surface area (Å²) in [6.45, 7) is 1.95. The van der Waals surface area contributed by atoms with Crippen molar-refractivity contribution in [2.24, 2.45) is 5.73 Å². The summed E-state index contributed by atoms with van der Waals surface area (Å²) in [6, 6.07) is 3.96. The Hall–Kier alpha value is -0.840. The van der Waals surface area contributed by atoms with Crippen LogP contribution in [0.25, 0.3) is 0 Å². The number of carbonyl (C=O) groups excluding carboxylic acids is 1. The minimum absolute atomic E-state index is 0. The summed E-state index contributed by atoms with van der Waals surface area (Å²) >= 11 is 5.87. The van der Waals surface area contributed by atoms with Crippen molar-refractivity contribution in [2.45, 2.75) is 19.4 Å². The van der Waals surface area contributed by atoms with Crippen LogP contribution in [0.2, 0.25) is 5.02 Å². The first kappa shape index (κ1) is 16.2. The maximum absolute atomic E-state index is 13.5. The Morgan fingerprint density at radius 1 is 1.59 bits per heavy atom. The van der Waals surface area contributed by atoms with E-state index in [4.69, 9.17) is 17.3 Å². The molecule has 6 heteroatoms. The lowest BCUT2D eigenvalue weighted by Gasteiger charge is -2.16. The fraction of sp³-hybridized carbons (Fsp3) is 0.364. The van der Waals surface area contributed by atoms with Crippen LogP contribution >= 0.6 is 24.0 Å². The lowest BCUT2D eigenvalue weighted by molar-refractivity contribution is -0.121. The molecular weight excluding hydrogens is 266 g/mol. The van der Waals surface area contributed by atoms with Gasteiger partial charge in [0.25, 0.3) is 0 Å². The Labute approximate surface area is 111 Å². The van der Waals surface area contributed by atoms with Crippen LogP contribution in [0.5, 0.6) is 0 Å². The summed E-state index contributed by atoms with van der Waals surface area (Å²) in [6.07, 6.45) is 0.219. The molecule has 0 aliphatic carbocycles. The summed E-state index contributed by atoms with van der Waals surface area (Å²) in [5.41, 5.74) is 5.54. The highest BCUT2D eigenvalue weighted by Gasteiger charge is 2.16. The first-order valence-electron chi connectivity index (χ1n) is 4.99. The second kappa shape index (κ2) is 7.48. The van der Waals surface area contributed by atoms with Crippen LogP contribution in [0.15, 0.2) is 18.2 Å². The summed E-state index contributed by atoms with van der Waals surface area (Å²) in [4.78, 5) is 11.3. The molecule has 1 aromatic carbocycles. The molecule has 17 heavy (non-hydrogen) atoms. The topological polar surface area (TPSA) is 55.1 Å². The van der Waals surface area contributed by atoms with E-state index in [0.29, 0.717) is 10.6 Å². The van der Waals surface area contributed by atoms with Gasteiger partial charge in [-0.05, 0) is 19.1 Å². The van der Waals surface area contributed by atoms with Crippen LogP contribution in [0.1, 0.15) is 24.9 Å². The standard InChI is InChI=1S/C11H14ClFN2O.ClH/c1-7(15-10(16)5-6-14)11-8(12)3-2-4-9(11)13;/h2-4,7H,5-6,14H2,1H3,(H,15,16);1H. The highest BCUT2D eigenvalue weighted by Crippen LogP contribution is 2.25. The molecule has 0 saturated carbocycles. The lowest BCUT2D eigenvalue weighted by atomic mass is 10.1. The Kier molecular flexibility index (Phi) is 7.11. The van der Waals surface area contributed by atoms with E-state index in [0.717, 1.165) is 0 Å². The van der Waals surface area contributed by atoms with Gasteiger partial charge in [-0.3, -0.25) is 4.79 Å². The van der Waals surface area contributed by atoms with Gasteiger partial charge in [-0.15, -0.1) is 12.4 Å². The molecule has 0 spiro atoms. The number of rotatable bonds is 4. The quantitative estimate of drug-likeness (QED) is 0.890. The molecule has 1 aromatic rings. The van der Waals surface area contributed by atoms with Crippen molar-refractivity contribution >= 4 is 29.9 Å². The molecule has 0 fully saturated rings. The molecule has 0 aliphatic heterocycles. The minimum Gasteiger partial charge on any atom is -0.349 e. The van der Waals surface area contributed by atoms with Gasteiger partial charge in [-0.25, -0.2) is 4.39 Å². The largest absolute Gasteiger partial charge is 0.349 e. The molecule has 1 atom stereocenters. The Morgan fingerprint density at radius 3 is 2.76 bits per heavy atom. The van der Waals surface area contributed by atoms with Gasteiger partial charge >= 0.3 is 0 Å². The van der Waals surface area contributed by atoms with Crippen molar-refractivity contribution in [3.8, 4) is 0 Å². The fourth-order valence-electron chi connectivity index (χ4n) is 1.44. The maximum atomic E-state index is 13.5. The third-order valence-corrected chi connectivity index (χ3v) is 2.51. The maximum Gasteiger partial charge on any atom is 0.221 e. The van der Waals surface area contributed by atoms with E-state index in [-0.39, 0.29) is 31.3 Å². The van der Waals surface area contributed by atoms with Crippen molar-refractivity contribution in [3.05, 3.63) is 34.6 Å². The summed E-state index contributed by atoms with van der Waals surface area (Å²) in [5, 5.41) is 2.94. The number of carbonyl (C=O) groups is 1. The van der Waals surface area contributed by atoms with Crippen molar-refractivity contribution in [3.63, 3.8) is 0 Å². The van der Waals surface area contributed by atoms with Crippen LogP contribution in [0.4, 0.5) is 4.39 Å². The predicted octanol–water partition coefficient (Wildman–Crippen LogP) is 2.43. The van der Waals surface area contributed by atoms with Crippen molar-refractivity contribution in [2.75, 3.05) is 6.54 Å². The van der Waals surface area contributed by atoms with Crippen molar-refractivity contribution in [1.29, 1.82) is 0 Å². The monoisotopic (exact) mass is 280 g/mol. The number of halogens is 3. The molecule has 0 radical (unpaired) electrons. The highest BCUT2D eigenvalue weighted by atomic mass is 35.5. The number of benzene rings is 1. The summed E-state index contributed by atoms with van der Waals surface area (Å²) in [5.74, 6) is -0.637. The number of hydrogen-bond acceptors (Lipinski definition) is 2. The van der Waals surface area contributed by atoms with Crippen molar-refractivity contribution < 1.29 is 9.18 Å². The first-order chi connectivity index (χ1) is 7.56. The second-order valence-electron chi connectivity index (χ2n) is 3.46. The van der Waals surface area contributed by atoms with Crippen LogP contribution < -0.4 is 11.1 Å². The number of amides is 1. The predicted molar refractivity (Wildman–Crippen MR) is 68.9 cm³/mol. The van der Waals surface area contributed by atoms with E-state index in [1.165, 1.54) is 12.1 Å². The van der Waals surface area contributed by atoms with Gasteiger partial charge in [0.05, 0.1) is 6.04 Å². The van der Waals surface area contributed by atoms with Gasteiger partial charge in [-0.2, -0.15) is 0 Å². The molecule has 96 valence electrons. The summed E-state index contributed by atoms with van der Waals surface area (Å²) < 4.78 is 13.5. The molecule has 1 amide bonds. The van der Waals surface area contributed by atoms with Gasteiger partial charge in [0.2, 0.25) is 5.91 Å². The molecule has 0 aromatic heterocycles. The molecule has 1 rings (SSSR count). The number of nitrogens with two attached hydrogens (primary N) is 1. The van der Waals surface area contributed by atoms with Crippen LogP contribution in [-0.4, -0.2) is 12.5 Å². The molecule has 0 bridgehead atoms. The van der Waals surface area contributed by atoms with E-state index in [1.54, 1.807) is 13.0 Å². The third-order valence-electron chi connectivity index (χ3n) is 2.18. The average molecular weight is 281 g/mol. The second-order valence-corrected chi connectivity index (χ2v) is 3.87. The molecule has 0 saturated heterocycles. The van der Waals surface area contributed by atoms with E-state index in [9.17, 15) is 9.18 Å². The Morgan fingerprint density at radius 2 is 2.24 bits per heavy atom. The zero-order chi connectivity index (χ0) is 12.1. The SMILES string of the molecule is CC(NC(=O)CCN)c1c(F)cccc1Cl.Cl. The van der Waals surface area contributed by atoms with Gasteiger partial charge in [0.15, 0.2) is 0 Å². The van der Waals surface area contributed by atoms with Gasteiger partial charge < -0.3 is 11.1 Å². The Bertz CT molecular complexity index is 367. The molecule has 0 heterocycles. The molecule has 3 nitrogen and oxygen atoms in total. The highest BCUT2D eigenvalue weighted by molar-refractivity contribution is 6.31. The molecule has 0 aliphatic rings. The van der Waals surface area contributed by atoms with E-state index >= 15 is 0 Å². The summed E-state index contributed by atoms with van der Waals surface area (Å²) in [7, 11) is 0. The average Bonchev–Trinajstić information content (AvgIpc) is 2.17. The van der Waals surface area contributed by atoms with Gasteiger partial charge in [-0.1, -0.05) is 17.7 Å². The zero-order valence-corrected chi connectivity index (χ0v) is 10.9. The number of hydrogen-bond donors (Lipinski definition) is 2. The van der Waals surface area contributed by atoms with E-state index < -0.39 is 11.9 Å². The molecule has 3 N–H and O–H groups in total. The number of nitrogens with one attached hydrogen (secondary N) is 1. The zero-order valence-electron chi connectivity index (χ0n) is 9.37. The third kappa shape index (κ3) is 4.50. The molecule has 1 unspecified atom stereocenters. The smallest absolute Gasteiger partial charge is 0.221 e. The van der Waals surface area contributed by atoms with Gasteiger partial charge in [0, 0.05) is 23.6 Å². The normalized spacial score (nSPS) is 11.5. The van der Waals surface area contributed by atoms with E-state index in [2.05, 4.69) is 5.32 Å². The fourth-order valence-corrected chi connectivity index (χ4v) is 1.77. The van der Waals surface area contributed by atoms with Crippen LogP contribution in [-0.2, 0) is 4.79 Å². The van der Waals surface area contributed by atoms with E-state index in [1.807, 2.05) is 0 Å². The van der Waals surface area contributed by atoms with Gasteiger partial charge in [0.1, 0.15) is 5.82 Å². The Balaban J connectivity index is 0.00000256. The molecular formula is C11H15Cl2FN2O. The van der Waals surface area contributed by atoms with Crippen LogP contribution in [0, 0.1) is 5.82 Å². The van der Waals surface area contributed by atoms with Crippen LogP contribution in [0.3, 0.4) is 0 Å². The lowest BCUT2D eigenvalue weighted by Crippen LogP contribution is -2.29. The minimum atomic E-state index is -0.465. The first-order valence-corrected chi connectivity index (χ1v) is 5.37. The van der Waals surface area contributed by atoms with Crippen molar-refractivity contribution in [1.82, 2.24) is 5.32 Å².